The number of nitrogens with zero attached hydrogens (tertiary/aromatic N) is 2. The van der Waals surface area contributed by atoms with E-state index in [1.807, 2.05) is 0 Å². The molecule has 0 N–H and O–H groups in total. The van der Waals surface area contributed by atoms with Gasteiger partial charge in [0.05, 0.1) is 23.2 Å². The minimum atomic E-state index is -0.619. The minimum absolute atomic E-state index is 0.0175. The van der Waals surface area contributed by atoms with E-state index in [1.54, 1.807) is 10.9 Å². The third kappa shape index (κ3) is 2.91. The van der Waals surface area contributed by atoms with E-state index in [4.69, 9.17) is 9.47 Å². The Morgan fingerprint density at radius 3 is 2.85 bits per heavy atom. The zero-order chi connectivity index (χ0) is 14.5. The van der Waals surface area contributed by atoms with E-state index in [0.717, 1.165) is 6.07 Å². The summed E-state index contributed by atoms with van der Waals surface area (Å²) < 4.78 is 10.5. The summed E-state index contributed by atoms with van der Waals surface area (Å²) in [4.78, 5) is 25.2. The summed E-state index contributed by atoms with van der Waals surface area (Å²) in [5, 5.41) is 12.8. The van der Waals surface area contributed by atoms with Crippen LogP contribution in [0, 0.1) is 10.1 Å². The average Bonchev–Trinajstić information content (AvgIpc) is 2.97. The SMILES string of the molecule is COc1cc(C=O)cc([N+](=O)[O-])c1OCc1cscn1. The van der Waals surface area contributed by atoms with Crippen LogP contribution >= 0.6 is 11.3 Å². The van der Waals surface area contributed by atoms with Gasteiger partial charge in [0.1, 0.15) is 12.9 Å². The number of carbonyl (C=O) groups excluding carboxylic acids is 1. The molecular formula is C12H10N2O5S. The molecule has 8 heteroatoms. The lowest BCUT2D eigenvalue weighted by atomic mass is 10.2. The van der Waals surface area contributed by atoms with E-state index in [0.29, 0.717) is 12.0 Å². The van der Waals surface area contributed by atoms with Gasteiger partial charge >= 0.3 is 5.69 Å². The lowest BCUT2D eigenvalue weighted by molar-refractivity contribution is -0.386. The zero-order valence-electron chi connectivity index (χ0n) is 10.4. The van der Waals surface area contributed by atoms with Crippen molar-refractivity contribution in [2.24, 2.45) is 0 Å². The number of aldehydes is 1. The van der Waals surface area contributed by atoms with Crippen LogP contribution in [0.3, 0.4) is 0 Å². The summed E-state index contributed by atoms with van der Waals surface area (Å²) in [7, 11) is 1.35. The number of methoxy groups -OCH3 is 1. The Bertz CT molecular complexity index is 627. The molecule has 2 aromatic rings. The van der Waals surface area contributed by atoms with E-state index in [9.17, 15) is 14.9 Å². The van der Waals surface area contributed by atoms with Crippen LogP contribution in [0.2, 0.25) is 0 Å². The fourth-order valence-electron chi connectivity index (χ4n) is 1.56. The summed E-state index contributed by atoms with van der Waals surface area (Å²) in [5.41, 5.74) is 2.13. The number of aromatic nitrogens is 1. The monoisotopic (exact) mass is 294 g/mol. The predicted molar refractivity (Wildman–Crippen MR) is 71.5 cm³/mol. The molecule has 1 aromatic carbocycles. The number of rotatable bonds is 6. The highest BCUT2D eigenvalue weighted by atomic mass is 32.1. The van der Waals surface area contributed by atoms with Gasteiger partial charge in [0.2, 0.25) is 5.75 Å². The molecule has 0 aliphatic heterocycles. The molecule has 0 aliphatic rings. The predicted octanol–water partition coefficient (Wildman–Crippen LogP) is 2.45. The molecule has 0 unspecified atom stereocenters. The molecule has 1 aromatic heterocycles. The van der Waals surface area contributed by atoms with Crippen molar-refractivity contribution in [3.05, 3.63) is 44.4 Å². The van der Waals surface area contributed by atoms with Gasteiger partial charge in [-0.25, -0.2) is 4.98 Å². The number of carbonyl (C=O) groups is 1. The molecule has 20 heavy (non-hydrogen) atoms. The number of nitro groups is 1. The maximum Gasteiger partial charge on any atom is 0.315 e. The van der Waals surface area contributed by atoms with Crippen molar-refractivity contribution in [2.75, 3.05) is 7.11 Å². The van der Waals surface area contributed by atoms with Gasteiger partial charge in [-0.1, -0.05) is 0 Å². The molecule has 1 heterocycles. The van der Waals surface area contributed by atoms with Crippen molar-refractivity contribution >= 4 is 23.3 Å². The van der Waals surface area contributed by atoms with Crippen LogP contribution < -0.4 is 9.47 Å². The van der Waals surface area contributed by atoms with Crippen molar-refractivity contribution in [3.8, 4) is 11.5 Å². The van der Waals surface area contributed by atoms with Crippen LogP contribution in [0.4, 0.5) is 5.69 Å². The van der Waals surface area contributed by atoms with Gasteiger partial charge in [0.25, 0.3) is 0 Å². The Hall–Kier alpha value is -2.48. The van der Waals surface area contributed by atoms with Gasteiger partial charge in [0.15, 0.2) is 5.75 Å². The Labute approximate surface area is 117 Å². The number of hydrogen-bond acceptors (Lipinski definition) is 7. The van der Waals surface area contributed by atoms with E-state index in [2.05, 4.69) is 4.98 Å². The molecule has 2 rings (SSSR count). The first-order valence-electron chi connectivity index (χ1n) is 5.47. The van der Waals surface area contributed by atoms with E-state index in [1.165, 1.54) is 24.5 Å². The van der Waals surface area contributed by atoms with Crippen LogP contribution in [0.5, 0.6) is 11.5 Å². The van der Waals surface area contributed by atoms with Gasteiger partial charge in [-0.15, -0.1) is 11.3 Å². The third-order valence-electron chi connectivity index (χ3n) is 2.46. The highest BCUT2D eigenvalue weighted by Gasteiger charge is 2.22. The topological polar surface area (TPSA) is 91.6 Å². The lowest BCUT2D eigenvalue weighted by Gasteiger charge is -2.10. The molecule has 0 fully saturated rings. The summed E-state index contributed by atoms with van der Waals surface area (Å²) >= 11 is 1.40. The van der Waals surface area contributed by atoms with E-state index >= 15 is 0 Å². The molecule has 0 atom stereocenters. The van der Waals surface area contributed by atoms with Crippen LogP contribution in [0.1, 0.15) is 16.1 Å². The first kappa shape index (κ1) is 13.9. The van der Waals surface area contributed by atoms with E-state index in [-0.39, 0.29) is 29.4 Å². The Balaban J connectivity index is 2.37. The highest BCUT2D eigenvalue weighted by Crippen LogP contribution is 2.38. The molecule has 7 nitrogen and oxygen atoms in total. The second kappa shape index (κ2) is 6.11. The van der Waals surface area contributed by atoms with Gasteiger partial charge < -0.3 is 9.47 Å². The van der Waals surface area contributed by atoms with Gasteiger partial charge in [0, 0.05) is 17.0 Å². The molecule has 0 spiro atoms. The number of hydrogen-bond donors (Lipinski definition) is 0. The second-order valence-electron chi connectivity index (χ2n) is 3.71. The third-order valence-corrected chi connectivity index (χ3v) is 3.09. The molecule has 0 bridgehead atoms. The molecule has 0 amide bonds. The summed E-state index contributed by atoms with van der Waals surface area (Å²) in [6, 6.07) is 2.53. The largest absolute Gasteiger partial charge is 0.493 e. The summed E-state index contributed by atoms with van der Waals surface area (Å²) in [6.45, 7) is 0.0845. The standard InChI is InChI=1S/C12H10N2O5S/c1-18-11-3-8(4-15)2-10(14(16)17)12(11)19-5-9-6-20-7-13-9/h2-4,6-7H,5H2,1H3. The normalized spacial score (nSPS) is 10.1. The fourth-order valence-corrected chi connectivity index (χ4v) is 2.11. The molecule has 0 saturated heterocycles. The number of benzene rings is 1. The second-order valence-corrected chi connectivity index (χ2v) is 4.43. The van der Waals surface area contributed by atoms with Crippen molar-refractivity contribution in [1.82, 2.24) is 4.98 Å². The van der Waals surface area contributed by atoms with Crippen molar-refractivity contribution in [2.45, 2.75) is 6.61 Å². The molecule has 0 radical (unpaired) electrons. The van der Waals surface area contributed by atoms with Gasteiger partial charge in [-0.05, 0) is 6.07 Å². The lowest BCUT2D eigenvalue weighted by Crippen LogP contribution is -2.02. The van der Waals surface area contributed by atoms with Crippen LogP contribution in [0.25, 0.3) is 0 Å². The first-order chi connectivity index (χ1) is 9.65. The Morgan fingerprint density at radius 1 is 1.50 bits per heavy atom. The number of ether oxygens (including phenoxy) is 2. The average molecular weight is 294 g/mol. The van der Waals surface area contributed by atoms with Crippen LogP contribution in [-0.4, -0.2) is 23.3 Å². The zero-order valence-corrected chi connectivity index (χ0v) is 11.3. The highest BCUT2D eigenvalue weighted by molar-refractivity contribution is 7.07. The molecular weight excluding hydrogens is 284 g/mol. The molecule has 0 saturated carbocycles. The number of thiazole rings is 1. The molecule has 104 valence electrons. The maximum atomic E-state index is 11.1. The van der Waals surface area contributed by atoms with Crippen molar-refractivity contribution < 1.29 is 19.2 Å². The van der Waals surface area contributed by atoms with Gasteiger partial charge in [-0.3, -0.25) is 14.9 Å². The first-order valence-corrected chi connectivity index (χ1v) is 6.41. The Kier molecular flexibility index (Phi) is 4.26. The smallest absolute Gasteiger partial charge is 0.315 e. The van der Waals surface area contributed by atoms with Crippen molar-refractivity contribution in [1.29, 1.82) is 0 Å². The quantitative estimate of drug-likeness (QED) is 0.461. The molecule has 0 aliphatic carbocycles. The summed E-state index contributed by atoms with van der Waals surface area (Å²) in [6.07, 6.45) is 0.514. The van der Waals surface area contributed by atoms with Crippen molar-refractivity contribution in [3.63, 3.8) is 0 Å². The van der Waals surface area contributed by atoms with E-state index < -0.39 is 4.92 Å². The fraction of sp³-hybridized carbons (Fsp3) is 0.167. The maximum absolute atomic E-state index is 11.1. The summed E-state index contributed by atoms with van der Waals surface area (Å²) in [5.74, 6) is 0.118. The number of nitro benzene ring substituents is 1. The van der Waals surface area contributed by atoms with Crippen LogP contribution in [-0.2, 0) is 6.61 Å². The Morgan fingerprint density at radius 2 is 2.30 bits per heavy atom. The van der Waals surface area contributed by atoms with Crippen LogP contribution in [0.15, 0.2) is 23.0 Å². The van der Waals surface area contributed by atoms with Gasteiger partial charge in [-0.2, -0.15) is 0 Å². The minimum Gasteiger partial charge on any atom is -0.493 e.